The van der Waals surface area contributed by atoms with Crippen LogP contribution in [0.15, 0.2) is 0 Å². The van der Waals surface area contributed by atoms with Gasteiger partial charge in [0, 0.05) is 26.2 Å². The molecule has 1 saturated heterocycles. The highest BCUT2D eigenvalue weighted by molar-refractivity contribution is 4.80. The zero-order valence-corrected chi connectivity index (χ0v) is 12.0. The molecule has 0 spiro atoms. The highest BCUT2D eigenvalue weighted by Crippen LogP contribution is 2.17. The maximum absolute atomic E-state index is 5.38. The van der Waals surface area contributed by atoms with Crippen LogP contribution in [0.4, 0.5) is 0 Å². The van der Waals surface area contributed by atoms with E-state index in [1.165, 1.54) is 25.8 Å². The van der Waals surface area contributed by atoms with Crippen LogP contribution in [-0.2, 0) is 4.74 Å². The third kappa shape index (κ3) is 5.84. The summed E-state index contributed by atoms with van der Waals surface area (Å²) < 4.78 is 5.38. The maximum Gasteiger partial charge on any atom is 0.0670 e. The predicted octanol–water partition coefficient (Wildman–Crippen LogP) is 2.12. The Bertz CT molecular complexity index is 197. The van der Waals surface area contributed by atoms with E-state index in [4.69, 9.17) is 4.74 Å². The summed E-state index contributed by atoms with van der Waals surface area (Å²) in [6, 6.07) is 0.708. The number of hydrogen-bond acceptors (Lipinski definition) is 3. The molecule has 0 aliphatic carbocycles. The standard InChI is InChI=1S/C14H30N2O/c1-12(2)9-15-10-14-7-5-6-8-16(14)11-13(3)17-4/h12-15H,5-11H2,1-4H3. The number of piperidine rings is 1. The Balaban J connectivity index is 2.31. The molecule has 1 rings (SSSR count). The SMILES string of the molecule is COC(C)CN1CCCCC1CNCC(C)C. The molecule has 1 fully saturated rings. The molecule has 0 aromatic carbocycles. The summed E-state index contributed by atoms with van der Waals surface area (Å²) in [6.07, 6.45) is 4.41. The topological polar surface area (TPSA) is 24.5 Å². The van der Waals surface area contributed by atoms with E-state index in [0.29, 0.717) is 12.1 Å². The van der Waals surface area contributed by atoms with Gasteiger partial charge in [-0.2, -0.15) is 0 Å². The molecule has 0 saturated carbocycles. The minimum absolute atomic E-state index is 0.348. The third-order valence-corrected chi connectivity index (χ3v) is 3.58. The Morgan fingerprint density at radius 3 is 2.71 bits per heavy atom. The fraction of sp³-hybridized carbons (Fsp3) is 1.00. The molecular formula is C14H30N2O. The first-order valence-corrected chi connectivity index (χ1v) is 7.11. The summed E-state index contributed by atoms with van der Waals surface area (Å²) in [5, 5.41) is 3.59. The van der Waals surface area contributed by atoms with Crippen LogP contribution in [-0.4, -0.2) is 50.3 Å². The Morgan fingerprint density at radius 1 is 1.29 bits per heavy atom. The Kier molecular flexibility index (Phi) is 7.09. The number of hydrogen-bond donors (Lipinski definition) is 1. The largest absolute Gasteiger partial charge is 0.380 e. The lowest BCUT2D eigenvalue weighted by Crippen LogP contribution is -2.48. The van der Waals surface area contributed by atoms with Crippen LogP contribution in [0.25, 0.3) is 0 Å². The molecule has 102 valence electrons. The van der Waals surface area contributed by atoms with Crippen molar-refractivity contribution >= 4 is 0 Å². The molecule has 3 nitrogen and oxygen atoms in total. The Hall–Kier alpha value is -0.120. The first-order valence-electron chi connectivity index (χ1n) is 7.11. The van der Waals surface area contributed by atoms with Gasteiger partial charge in [0.25, 0.3) is 0 Å². The molecule has 0 aromatic heterocycles. The summed E-state index contributed by atoms with van der Waals surface area (Å²) in [4.78, 5) is 2.60. The van der Waals surface area contributed by atoms with Gasteiger partial charge in [-0.15, -0.1) is 0 Å². The van der Waals surface area contributed by atoms with Crippen LogP contribution in [0.3, 0.4) is 0 Å². The molecule has 0 radical (unpaired) electrons. The minimum Gasteiger partial charge on any atom is -0.380 e. The Morgan fingerprint density at radius 2 is 2.06 bits per heavy atom. The first kappa shape index (κ1) is 14.9. The van der Waals surface area contributed by atoms with Crippen LogP contribution < -0.4 is 5.32 Å². The van der Waals surface area contributed by atoms with E-state index < -0.39 is 0 Å². The van der Waals surface area contributed by atoms with Crippen molar-refractivity contribution in [2.24, 2.45) is 5.92 Å². The van der Waals surface area contributed by atoms with Crippen molar-refractivity contribution in [2.75, 3.05) is 33.3 Å². The second-order valence-corrected chi connectivity index (χ2v) is 5.74. The molecule has 1 aliphatic rings. The number of nitrogens with one attached hydrogen (secondary N) is 1. The lowest BCUT2D eigenvalue weighted by Gasteiger charge is -2.37. The molecule has 1 N–H and O–H groups in total. The highest BCUT2D eigenvalue weighted by Gasteiger charge is 2.23. The van der Waals surface area contributed by atoms with Gasteiger partial charge in [-0.1, -0.05) is 20.3 Å². The predicted molar refractivity (Wildman–Crippen MR) is 73.4 cm³/mol. The van der Waals surface area contributed by atoms with Gasteiger partial charge in [-0.25, -0.2) is 0 Å². The lowest BCUT2D eigenvalue weighted by molar-refractivity contribution is 0.0461. The fourth-order valence-electron chi connectivity index (χ4n) is 2.47. The second-order valence-electron chi connectivity index (χ2n) is 5.74. The monoisotopic (exact) mass is 242 g/mol. The van der Waals surface area contributed by atoms with Crippen molar-refractivity contribution in [3.8, 4) is 0 Å². The van der Waals surface area contributed by atoms with Gasteiger partial charge < -0.3 is 10.1 Å². The highest BCUT2D eigenvalue weighted by atomic mass is 16.5. The summed E-state index contributed by atoms with van der Waals surface area (Å²) in [6.45, 7) is 11.3. The van der Waals surface area contributed by atoms with Gasteiger partial charge in [0.2, 0.25) is 0 Å². The molecule has 2 unspecified atom stereocenters. The van der Waals surface area contributed by atoms with Crippen LogP contribution in [0, 0.1) is 5.92 Å². The van der Waals surface area contributed by atoms with Crippen molar-refractivity contribution in [1.29, 1.82) is 0 Å². The molecule has 0 bridgehead atoms. The van der Waals surface area contributed by atoms with Crippen LogP contribution >= 0.6 is 0 Å². The van der Waals surface area contributed by atoms with Crippen molar-refractivity contribution in [3.63, 3.8) is 0 Å². The van der Waals surface area contributed by atoms with E-state index in [1.807, 2.05) is 0 Å². The number of methoxy groups -OCH3 is 1. The molecule has 0 aromatic rings. The van der Waals surface area contributed by atoms with E-state index in [0.717, 1.165) is 25.6 Å². The van der Waals surface area contributed by atoms with Crippen LogP contribution in [0.5, 0.6) is 0 Å². The normalized spacial score (nSPS) is 24.2. The number of nitrogens with zero attached hydrogens (tertiary/aromatic N) is 1. The second kappa shape index (κ2) is 8.06. The molecular weight excluding hydrogens is 212 g/mol. The molecule has 1 heterocycles. The number of likely N-dealkylation sites (tertiary alicyclic amines) is 1. The third-order valence-electron chi connectivity index (χ3n) is 3.58. The summed E-state index contributed by atoms with van der Waals surface area (Å²) in [7, 11) is 1.81. The summed E-state index contributed by atoms with van der Waals surface area (Å²) in [5.41, 5.74) is 0. The Labute approximate surface area is 107 Å². The molecule has 1 aliphatic heterocycles. The molecule has 17 heavy (non-hydrogen) atoms. The van der Waals surface area contributed by atoms with Crippen molar-refractivity contribution in [2.45, 2.75) is 52.2 Å². The zero-order chi connectivity index (χ0) is 12.7. The van der Waals surface area contributed by atoms with E-state index in [9.17, 15) is 0 Å². The maximum atomic E-state index is 5.38. The van der Waals surface area contributed by atoms with Gasteiger partial charge in [0.15, 0.2) is 0 Å². The average Bonchev–Trinajstić information content (AvgIpc) is 2.30. The van der Waals surface area contributed by atoms with E-state index >= 15 is 0 Å². The van der Waals surface area contributed by atoms with Gasteiger partial charge in [0.05, 0.1) is 6.10 Å². The van der Waals surface area contributed by atoms with E-state index in [1.54, 1.807) is 7.11 Å². The van der Waals surface area contributed by atoms with E-state index in [2.05, 4.69) is 31.0 Å². The minimum atomic E-state index is 0.348. The van der Waals surface area contributed by atoms with Gasteiger partial charge >= 0.3 is 0 Å². The van der Waals surface area contributed by atoms with Crippen LogP contribution in [0.2, 0.25) is 0 Å². The lowest BCUT2D eigenvalue weighted by atomic mass is 10.0. The van der Waals surface area contributed by atoms with Crippen LogP contribution in [0.1, 0.15) is 40.0 Å². The molecule has 2 atom stereocenters. The fourth-order valence-corrected chi connectivity index (χ4v) is 2.47. The molecule has 0 amide bonds. The van der Waals surface area contributed by atoms with Crippen molar-refractivity contribution in [3.05, 3.63) is 0 Å². The quantitative estimate of drug-likeness (QED) is 0.740. The van der Waals surface area contributed by atoms with Gasteiger partial charge in [0.1, 0.15) is 0 Å². The average molecular weight is 242 g/mol. The first-order chi connectivity index (χ1) is 8.13. The number of rotatable bonds is 7. The van der Waals surface area contributed by atoms with E-state index in [-0.39, 0.29) is 0 Å². The van der Waals surface area contributed by atoms with Crippen molar-refractivity contribution < 1.29 is 4.74 Å². The van der Waals surface area contributed by atoms with Gasteiger partial charge in [-0.05, 0) is 38.8 Å². The number of ether oxygens (including phenoxy) is 1. The summed E-state index contributed by atoms with van der Waals surface area (Å²) in [5.74, 6) is 0.741. The van der Waals surface area contributed by atoms with Gasteiger partial charge in [-0.3, -0.25) is 4.90 Å². The van der Waals surface area contributed by atoms with Crippen molar-refractivity contribution in [1.82, 2.24) is 10.2 Å². The summed E-state index contributed by atoms with van der Waals surface area (Å²) >= 11 is 0. The zero-order valence-electron chi connectivity index (χ0n) is 12.0. The molecule has 3 heteroatoms. The smallest absolute Gasteiger partial charge is 0.0670 e.